The summed E-state index contributed by atoms with van der Waals surface area (Å²) in [6.45, 7) is 4.46. The summed E-state index contributed by atoms with van der Waals surface area (Å²) >= 11 is 0. The number of hydrogen-bond acceptors (Lipinski definition) is 7. The van der Waals surface area contributed by atoms with Crippen molar-refractivity contribution < 1.29 is 9.13 Å². The van der Waals surface area contributed by atoms with Gasteiger partial charge in [0.15, 0.2) is 11.6 Å². The van der Waals surface area contributed by atoms with Crippen LogP contribution in [0, 0.1) is 6.92 Å². The first kappa shape index (κ1) is 22.9. The molecule has 3 aliphatic heterocycles. The molecule has 194 valence electrons. The average Bonchev–Trinajstić information content (AvgIpc) is 3.08. The van der Waals surface area contributed by atoms with E-state index in [0.29, 0.717) is 6.42 Å². The van der Waals surface area contributed by atoms with E-state index in [1.165, 1.54) is 0 Å². The summed E-state index contributed by atoms with van der Waals surface area (Å²) < 4.78 is 25.7. The standard InChI is InChI=1S/C27H33FN8O/c1-17-12-24-31-23(30-17)6-4-3-5-9-35-10-8-21(28)27(35)15-22(27)37-20-16-29-34(2)26(20)18-7-11-36-19(13-18)14-25(32-24)33-36/h12-14,16,21-22H,3-11,15H2,1-2H3,(H,30,31,32,33)/t21-,22?,27?/m1/s1. The van der Waals surface area contributed by atoms with Crippen LogP contribution in [0.1, 0.15) is 61.4 Å². The van der Waals surface area contributed by atoms with Crippen LogP contribution in [0.15, 0.2) is 18.3 Å². The number of allylic oxidation sites excluding steroid dienone is 1. The van der Waals surface area contributed by atoms with E-state index in [9.17, 15) is 0 Å². The van der Waals surface area contributed by atoms with Crippen LogP contribution in [0.25, 0.3) is 11.6 Å². The Morgan fingerprint density at radius 3 is 2.92 bits per heavy atom. The lowest BCUT2D eigenvalue weighted by molar-refractivity contribution is 0.119. The van der Waals surface area contributed by atoms with Crippen molar-refractivity contribution in [3.63, 3.8) is 0 Å². The predicted molar refractivity (Wildman–Crippen MR) is 138 cm³/mol. The third kappa shape index (κ3) is 3.93. The molecule has 37 heavy (non-hydrogen) atoms. The fourth-order valence-electron chi connectivity index (χ4n) is 6.46. The fourth-order valence-corrected chi connectivity index (χ4v) is 6.46. The fraction of sp³-hybridized carbons (Fsp3) is 0.556. The lowest BCUT2D eigenvalue weighted by Gasteiger charge is -2.26. The highest BCUT2D eigenvalue weighted by Gasteiger charge is 2.68. The zero-order chi connectivity index (χ0) is 25.1. The Kier molecular flexibility index (Phi) is 5.35. The molecule has 3 atom stereocenters. The van der Waals surface area contributed by atoms with Crippen molar-refractivity contribution >= 4 is 23.3 Å². The number of alkyl halides is 1. The number of ether oxygens (including phenoxy) is 1. The molecule has 0 amide bonds. The molecule has 7 rings (SSSR count). The number of rotatable bonds is 0. The molecule has 1 saturated heterocycles. The summed E-state index contributed by atoms with van der Waals surface area (Å²) in [6, 6.07) is 4.01. The van der Waals surface area contributed by atoms with Gasteiger partial charge in [-0.25, -0.2) is 14.4 Å². The first-order chi connectivity index (χ1) is 18.0. The molecule has 2 unspecified atom stereocenters. The molecular formula is C27H33FN8O. The summed E-state index contributed by atoms with van der Waals surface area (Å²) in [4.78, 5) is 11.8. The van der Waals surface area contributed by atoms with Crippen LogP contribution < -0.4 is 10.1 Å². The number of nitrogens with zero attached hydrogens (tertiary/aromatic N) is 7. The van der Waals surface area contributed by atoms with Crippen molar-refractivity contribution in [2.45, 2.75) is 76.2 Å². The van der Waals surface area contributed by atoms with E-state index in [4.69, 9.17) is 14.8 Å². The van der Waals surface area contributed by atoms with Crippen LogP contribution in [-0.2, 0) is 20.0 Å². The molecule has 1 spiro atoms. The summed E-state index contributed by atoms with van der Waals surface area (Å²) in [5.41, 5.74) is 3.60. The minimum Gasteiger partial charge on any atom is -0.484 e. The molecule has 0 radical (unpaired) electrons. The quantitative estimate of drug-likeness (QED) is 0.494. The summed E-state index contributed by atoms with van der Waals surface area (Å²) in [5.74, 6) is 3.14. The van der Waals surface area contributed by atoms with Gasteiger partial charge in [-0.1, -0.05) is 6.42 Å². The molecule has 4 aliphatic rings. The normalized spacial score (nSPS) is 27.4. The zero-order valence-corrected chi connectivity index (χ0v) is 21.5. The molecule has 0 aromatic carbocycles. The van der Waals surface area contributed by atoms with Crippen LogP contribution in [0.3, 0.4) is 0 Å². The van der Waals surface area contributed by atoms with Gasteiger partial charge < -0.3 is 10.1 Å². The summed E-state index contributed by atoms with van der Waals surface area (Å²) in [5, 5.41) is 12.7. The SMILES string of the molecule is Cc1cc2nc(n1)CCCCCN1CC[C@@H](F)C13CC3Oc1cnn(C)c1C1=Cc3cc(nn3CC1)N2. The Morgan fingerprint density at radius 2 is 2.00 bits per heavy atom. The lowest BCUT2D eigenvalue weighted by Crippen LogP contribution is -2.41. The second-order valence-electron chi connectivity index (χ2n) is 10.9. The van der Waals surface area contributed by atoms with Gasteiger partial charge in [0.05, 0.1) is 17.4 Å². The molecule has 1 aliphatic carbocycles. The first-order valence-corrected chi connectivity index (χ1v) is 13.5. The molecular weight excluding hydrogens is 471 g/mol. The highest BCUT2D eigenvalue weighted by Crippen LogP contribution is 2.53. The number of halogens is 1. The van der Waals surface area contributed by atoms with Crippen molar-refractivity contribution in [1.29, 1.82) is 0 Å². The molecule has 9 nitrogen and oxygen atoms in total. The second-order valence-corrected chi connectivity index (χ2v) is 10.9. The van der Waals surface area contributed by atoms with Gasteiger partial charge in [-0.3, -0.25) is 14.3 Å². The van der Waals surface area contributed by atoms with Crippen LogP contribution in [0.2, 0.25) is 0 Å². The molecule has 10 heteroatoms. The predicted octanol–water partition coefficient (Wildman–Crippen LogP) is 4.06. The van der Waals surface area contributed by atoms with Gasteiger partial charge in [0.1, 0.15) is 29.6 Å². The summed E-state index contributed by atoms with van der Waals surface area (Å²) in [6.07, 6.45) is 9.03. The molecule has 1 saturated carbocycles. The van der Waals surface area contributed by atoms with Crippen molar-refractivity contribution in [2.24, 2.45) is 7.05 Å². The van der Waals surface area contributed by atoms with Crippen LogP contribution >= 0.6 is 0 Å². The van der Waals surface area contributed by atoms with E-state index >= 15 is 4.39 Å². The highest BCUT2D eigenvalue weighted by atomic mass is 19.1. The Morgan fingerprint density at radius 1 is 1.08 bits per heavy atom. The van der Waals surface area contributed by atoms with Gasteiger partial charge >= 0.3 is 0 Å². The molecule has 5 bridgehead atoms. The molecule has 1 N–H and O–H groups in total. The van der Waals surface area contributed by atoms with Crippen molar-refractivity contribution in [3.8, 4) is 5.75 Å². The van der Waals surface area contributed by atoms with Gasteiger partial charge in [-0.05, 0) is 50.8 Å². The van der Waals surface area contributed by atoms with Gasteiger partial charge in [0.2, 0.25) is 0 Å². The van der Waals surface area contributed by atoms with Gasteiger partial charge in [0.25, 0.3) is 0 Å². The average molecular weight is 505 g/mol. The monoisotopic (exact) mass is 504 g/mol. The number of fused-ring (bicyclic) bond motifs is 5. The number of nitrogens with one attached hydrogen (secondary N) is 1. The maximum atomic E-state index is 15.2. The number of hydrogen-bond donors (Lipinski definition) is 1. The van der Waals surface area contributed by atoms with Crippen molar-refractivity contribution in [2.75, 3.05) is 18.4 Å². The van der Waals surface area contributed by atoms with Crippen LogP contribution in [0.5, 0.6) is 5.75 Å². The second kappa shape index (κ2) is 8.65. The zero-order valence-electron chi connectivity index (χ0n) is 21.5. The first-order valence-electron chi connectivity index (χ1n) is 13.5. The van der Waals surface area contributed by atoms with E-state index in [0.717, 1.165) is 104 Å². The number of anilines is 2. The third-order valence-electron chi connectivity index (χ3n) is 8.38. The van der Waals surface area contributed by atoms with E-state index < -0.39 is 11.7 Å². The van der Waals surface area contributed by atoms with Crippen molar-refractivity contribution in [1.82, 2.24) is 34.4 Å². The van der Waals surface area contributed by atoms with E-state index in [2.05, 4.69) is 26.4 Å². The minimum atomic E-state index is -0.844. The van der Waals surface area contributed by atoms with E-state index in [1.807, 2.05) is 35.5 Å². The lowest BCUT2D eigenvalue weighted by atomic mass is 10.0. The molecule has 3 aromatic rings. The number of aryl methyl sites for hydroxylation is 4. The largest absolute Gasteiger partial charge is 0.484 e. The van der Waals surface area contributed by atoms with Gasteiger partial charge in [0, 0.05) is 50.8 Å². The van der Waals surface area contributed by atoms with E-state index in [1.54, 1.807) is 6.20 Å². The highest BCUT2D eigenvalue weighted by molar-refractivity contribution is 5.83. The minimum absolute atomic E-state index is 0.136. The van der Waals surface area contributed by atoms with Crippen LogP contribution in [-0.4, -0.2) is 65.3 Å². The number of aromatic nitrogens is 6. The summed E-state index contributed by atoms with van der Waals surface area (Å²) in [7, 11) is 1.94. The smallest absolute Gasteiger partial charge is 0.165 e. The van der Waals surface area contributed by atoms with Gasteiger partial charge in [-0.15, -0.1) is 0 Å². The maximum Gasteiger partial charge on any atom is 0.165 e. The molecule has 2 fully saturated rings. The Balaban J connectivity index is 1.25. The van der Waals surface area contributed by atoms with E-state index in [-0.39, 0.29) is 6.10 Å². The Hall–Kier alpha value is -3.27. The topological polar surface area (TPSA) is 85.9 Å². The third-order valence-corrected chi connectivity index (χ3v) is 8.38. The Labute approximate surface area is 215 Å². The van der Waals surface area contributed by atoms with Gasteiger partial charge in [-0.2, -0.15) is 10.2 Å². The molecule has 3 aromatic heterocycles. The van der Waals surface area contributed by atoms with Crippen molar-refractivity contribution in [3.05, 3.63) is 41.2 Å². The molecule has 6 heterocycles. The van der Waals surface area contributed by atoms with Crippen LogP contribution in [0.4, 0.5) is 16.0 Å². The Bertz CT molecular complexity index is 1380. The maximum absolute atomic E-state index is 15.2.